The molecule has 2 aromatic carbocycles. The van der Waals surface area contributed by atoms with Crippen molar-refractivity contribution in [1.82, 2.24) is 0 Å². The second kappa shape index (κ2) is 8.85. The van der Waals surface area contributed by atoms with Crippen LogP contribution in [-0.4, -0.2) is 18.5 Å². The topological polar surface area (TPSA) is 55.4 Å². The van der Waals surface area contributed by atoms with Crippen LogP contribution in [0.3, 0.4) is 0 Å². The van der Waals surface area contributed by atoms with Crippen LogP contribution in [0.5, 0.6) is 0 Å². The number of halogens is 4. The van der Waals surface area contributed by atoms with Gasteiger partial charge in [-0.2, -0.15) is 0 Å². The number of hydrogen-bond donors (Lipinski definition) is 1. The molecule has 0 aliphatic rings. The first-order valence-electron chi connectivity index (χ1n) is 6.90. The highest BCUT2D eigenvalue weighted by Crippen LogP contribution is 2.22. The average molecular weight is 403 g/mol. The summed E-state index contributed by atoms with van der Waals surface area (Å²) in [5, 5.41) is 3.34. The molecule has 0 atom stereocenters. The molecule has 8 heteroatoms. The van der Waals surface area contributed by atoms with E-state index >= 15 is 0 Å². The molecule has 0 saturated carbocycles. The zero-order chi connectivity index (χ0) is 18.4. The van der Waals surface area contributed by atoms with Gasteiger partial charge in [0.1, 0.15) is 5.82 Å². The highest BCUT2D eigenvalue weighted by molar-refractivity contribution is 6.35. The SMILES string of the molecule is O=C(COC(=O)C=Cc1c(F)cccc1Cl)Nc1cc(Cl)cc(Cl)c1. The molecule has 130 valence electrons. The molecule has 25 heavy (non-hydrogen) atoms. The fourth-order valence-electron chi connectivity index (χ4n) is 1.83. The van der Waals surface area contributed by atoms with Gasteiger partial charge in [-0.1, -0.05) is 40.9 Å². The molecule has 0 saturated heterocycles. The maximum Gasteiger partial charge on any atom is 0.331 e. The molecule has 0 bridgehead atoms. The van der Waals surface area contributed by atoms with Crippen LogP contribution >= 0.6 is 34.8 Å². The maximum atomic E-state index is 13.5. The molecule has 0 fully saturated rings. The number of rotatable bonds is 5. The lowest BCUT2D eigenvalue weighted by atomic mass is 10.2. The number of amides is 1. The monoisotopic (exact) mass is 401 g/mol. The third-order valence-electron chi connectivity index (χ3n) is 2.88. The maximum absolute atomic E-state index is 13.5. The summed E-state index contributed by atoms with van der Waals surface area (Å²) in [7, 11) is 0. The second-order valence-electron chi connectivity index (χ2n) is 4.78. The van der Waals surface area contributed by atoms with E-state index < -0.39 is 24.3 Å². The molecule has 0 aliphatic carbocycles. The van der Waals surface area contributed by atoms with Crippen LogP contribution in [0.1, 0.15) is 5.56 Å². The van der Waals surface area contributed by atoms with E-state index in [1.165, 1.54) is 42.5 Å². The number of hydrogen-bond acceptors (Lipinski definition) is 3. The summed E-state index contributed by atoms with van der Waals surface area (Å²) in [6.45, 7) is -0.529. The molecule has 0 aliphatic heterocycles. The van der Waals surface area contributed by atoms with Crippen LogP contribution in [0.15, 0.2) is 42.5 Å². The van der Waals surface area contributed by atoms with Crippen molar-refractivity contribution in [2.24, 2.45) is 0 Å². The van der Waals surface area contributed by atoms with Crippen molar-refractivity contribution in [3.63, 3.8) is 0 Å². The van der Waals surface area contributed by atoms with Gasteiger partial charge in [0.05, 0.1) is 5.02 Å². The van der Waals surface area contributed by atoms with Crippen molar-refractivity contribution in [2.45, 2.75) is 0 Å². The molecule has 2 rings (SSSR count). The third kappa shape index (κ3) is 6.05. The van der Waals surface area contributed by atoms with Gasteiger partial charge in [-0.15, -0.1) is 0 Å². The zero-order valence-electron chi connectivity index (χ0n) is 12.6. The van der Waals surface area contributed by atoms with Crippen molar-refractivity contribution in [3.05, 3.63) is 68.9 Å². The van der Waals surface area contributed by atoms with Crippen LogP contribution in [0.4, 0.5) is 10.1 Å². The number of nitrogens with one attached hydrogen (secondary N) is 1. The van der Waals surface area contributed by atoms with Crippen molar-refractivity contribution >= 4 is 58.4 Å². The summed E-state index contributed by atoms with van der Waals surface area (Å²) in [5.74, 6) is -1.98. The Morgan fingerprint density at radius 2 is 1.80 bits per heavy atom. The Labute approximate surface area is 158 Å². The predicted octanol–water partition coefficient (Wildman–Crippen LogP) is 4.98. The lowest BCUT2D eigenvalue weighted by Gasteiger charge is -2.06. The molecule has 1 N–H and O–H groups in total. The summed E-state index contributed by atoms with van der Waals surface area (Å²) in [4.78, 5) is 23.3. The molecule has 2 aromatic rings. The number of ether oxygens (including phenoxy) is 1. The van der Waals surface area contributed by atoms with E-state index in [0.717, 1.165) is 6.08 Å². The van der Waals surface area contributed by atoms with Crippen molar-refractivity contribution in [3.8, 4) is 0 Å². The Morgan fingerprint density at radius 3 is 2.44 bits per heavy atom. The van der Waals surface area contributed by atoms with E-state index in [1.54, 1.807) is 0 Å². The summed E-state index contributed by atoms with van der Waals surface area (Å²) in [6, 6.07) is 8.64. The number of benzene rings is 2. The molecule has 0 radical (unpaired) electrons. The third-order valence-corrected chi connectivity index (χ3v) is 3.64. The first-order valence-corrected chi connectivity index (χ1v) is 8.03. The Kier molecular flexibility index (Phi) is 6.82. The van der Waals surface area contributed by atoms with E-state index in [9.17, 15) is 14.0 Å². The smallest absolute Gasteiger partial charge is 0.331 e. The Balaban J connectivity index is 1.89. The standard InChI is InChI=1S/C17H11Cl3FNO3/c18-10-6-11(19)8-12(7-10)22-16(23)9-25-17(24)5-4-13-14(20)2-1-3-15(13)21/h1-8H,9H2,(H,22,23). The lowest BCUT2D eigenvalue weighted by Crippen LogP contribution is -2.20. The van der Waals surface area contributed by atoms with E-state index in [0.29, 0.717) is 15.7 Å². The number of anilines is 1. The molecule has 0 heterocycles. The molecule has 0 unspecified atom stereocenters. The first-order chi connectivity index (χ1) is 11.8. The van der Waals surface area contributed by atoms with E-state index in [-0.39, 0.29) is 10.6 Å². The van der Waals surface area contributed by atoms with Crippen LogP contribution in [0.2, 0.25) is 15.1 Å². The van der Waals surface area contributed by atoms with Gasteiger partial charge in [0.15, 0.2) is 6.61 Å². The highest BCUT2D eigenvalue weighted by atomic mass is 35.5. The van der Waals surface area contributed by atoms with Gasteiger partial charge in [0, 0.05) is 27.4 Å². The first kappa shape index (κ1) is 19.2. The summed E-state index contributed by atoms with van der Waals surface area (Å²) < 4.78 is 18.3. The van der Waals surface area contributed by atoms with Gasteiger partial charge in [0.25, 0.3) is 5.91 Å². The largest absolute Gasteiger partial charge is 0.452 e. The minimum absolute atomic E-state index is 0.0548. The van der Waals surface area contributed by atoms with Crippen LogP contribution in [0.25, 0.3) is 6.08 Å². The van der Waals surface area contributed by atoms with Gasteiger partial charge in [-0.25, -0.2) is 9.18 Å². The minimum atomic E-state index is -0.821. The van der Waals surface area contributed by atoms with Gasteiger partial charge in [-0.3, -0.25) is 4.79 Å². The number of esters is 1. The highest BCUT2D eigenvalue weighted by Gasteiger charge is 2.08. The number of carbonyl (C=O) groups is 2. The molecule has 0 aromatic heterocycles. The fourth-order valence-corrected chi connectivity index (χ4v) is 2.58. The summed E-state index contributed by atoms with van der Waals surface area (Å²) in [5.41, 5.74) is 0.423. The normalized spacial score (nSPS) is 10.7. The second-order valence-corrected chi connectivity index (χ2v) is 6.06. The van der Waals surface area contributed by atoms with Crippen LogP contribution in [0, 0.1) is 5.82 Å². The molecule has 0 spiro atoms. The minimum Gasteiger partial charge on any atom is -0.452 e. The van der Waals surface area contributed by atoms with Crippen molar-refractivity contribution in [1.29, 1.82) is 0 Å². The van der Waals surface area contributed by atoms with E-state index in [1.807, 2.05) is 0 Å². The van der Waals surface area contributed by atoms with Crippen LogP contribution < -0.4 is 5.32 Å². The Hall–Kier alpha value is -2.08. The predicted molar refractivity (Wildman–Crippen MR) is 96.5 cm³/mol. The Morgan fingerprint density at radius 1 is 1.12 bits per heavy atom. The molecule has 1 amide bonds. The molecular weight excluding hydrogens is 392 g/mol. The summed E-state index contributed by atoms with van der Waals surface area (Å²) in [6.07, 6.45) is 2.16. The molecular formula is C17H11Cl3FNO3. The fraction of sp³-hybridized carbons (Fsp3) is 0.0588. The van der Waals surface area contributed by atoms with Gasteiger partial charge in [-0.05, 0) is 36.4 Å². The number of carbonyl (C=O) groups excluding carboxylic acids is 2. The van der Waals surface area contributed by atoms with Gasteiger partial charge >= 0.3 is 5.97 Å². The van der Waals surface area contributed by atoms with E-state index in [2.05, 4.69) is 5.32 Å². The van der Waals surface area contributed by atoms with Gasteiger partial charge in [0.2, 0.25) is 0 Å². The lowest BCUT2D eigenvalue weighted by molar-refractivity contribution is -0.142. The van der Waals surface area contributed by atoms with E-state index in [4.69, 9.17) is 39.5 Å². The Bertz CT molecular complexity index is 799. The van der Waals surface area contributed by atoms with Gasteiger partial charge < -0.3 is 10.1 Å². The van der Waals surface area contributed by atoms with Crippen molar-refractivity contribution in [2.75, 3.05) is 11.9 Å². The van der Waals surface area contributed by atoms with Crippen LogP contribution in [-0.2, 0) is 14.3 Å². The quantitative estimate of drug-likeness (QED) is 0.567. The zero-order valence-corrected chi connectivity index (χ0v) is 14.8. The van der Waals surface area contributed by atoms with Crippen molar-refractivity contribution < 1.29 is 18.7 Å². The summed E-state index contributed by atoms with van der Waals surface area (Å²) >= 11 is 17.5. The molecule has 4 nitrogen and oxygen atoms in total. The average Bonchev–Trinajstić information content (AvgIpc) is 2.51.